The van der Waals surface area contributed by atoms with E-state index >= 15 is 0 Å². The van der Waals surface area contributed by atoms with Crippen molar-refractivity contribution in [3.63, 3.8) is 0 Å². The molecule has 0 aliphatic heterocycles. The number of hydrogen-bond acceptors (Lipinski definition) is 2. The Hall–Kier alpha value is -0.920. The highest BCUT2D eigenvalue weighted by Gasteiger charge is 2.56. The molecule has 15 heavy (non-hydrogen) atoms. The number of carbonyl (C=O) groups excluding carboxylic acids is 2. The van der Waals surface area contributed by atoms with Gasteiger partial charge in [0.2, 0.25) is 0 Å². The maximum absolute atomic E-state index is 12.1. The molecule has 2 aliphatic carbocycles. The maximum Gasteiger partial charge on any atom is 0.147 e. The van der Waals surface area contributed by atoms with Crippen LogP contribution in [0.2, 0.25) is 0 Å². The summed E-state index contributed by atoms with van der Waals surface area (Å²) in [7, 11) is 0. The van der Waals surface area contributed by atoms with E-state index in [9.17, 15) is 9.59 Å². The van der Waals surface area contributed by atoms with Gasteiger partial charge in [0.05, 0.1) is 5.41 Å². The SMILES string of the molecule is C=CC[C@@]12C(=O)CC[C@@H]1C[C@@H](C)CC2=O. The number of hydrogen-bond donors (Lipinski definition) is 0. The van der Waals surface area contributed by atoms with Crippen LogP contribution in [-0.2, 0) is 9.59 Å². The molecule has 0 aromatic heterocycles. The second-order valence-corrected chi connectivity index (χ2v) is 5.09. The van der Waals surface area contributed by atoms with Gasteiger partial charge in [-0.3, -0.25) is 9.59 Å². The van der Waals surface area contributed by atoms with Gasteiger partial charge in [0.25, 0.3) is 0 Å². The van der Waals surface area contributed by atoms with Crippen molar-refractivity contribution >= 4 is 11.6 Å². The van der Waals surface area contributed by atoms with Crippen LogP contribution in [0.1, 0.15) is 39.0 Å². The van der Waals surface area contributed by atoms with Crippen LogP contribution in [0.3, 0.4) is 0 Å². The molecule has 2 saturated carbocycles. The van der Waals surface area contributed by atoms with Gasteiger partial charge in [-0.25, -0.2) is 0 Å². The lowest BCUT2D eigenvalue weighted by Gasteiger charge is -2.38. The molecule has 0 radical (unpaired) electrons. The molecule has 0 amide bonds. The minimum absolute atomic E-state index is 0.171. The second-order valence-electron chi connectivity index (χ2n) is 5.09. The van der Waals surface area contributed by atoms with Crippen LogP contribution in [0, 0.1) is 17.3 Å². The van der Waals surface area contributed by atoms with Crippen LogP contribution in [0.4, 0.5) is 0 Å². The molecule has 2 fully saturated rings. The van der Waals surface area contributed by atoms with Gasteiger partial charge in [-0.1, -0.05) is 13.0 Å². The zero-order valence-electron chi connectivity index (χ0n) is 9.29. The molecule has 2 heteroatoms. The Morgan fingerprint density at radius 2 is 2.20 bits per heavy atom. The molecule has 0 saturated heterocycles. The average molecular weight is 206 g/mol. The summed E-state index contributed by atoms with van der Waals surface area (Å²) in [5.74, 6) is 1.09. The minimum atomic E-state index is -0.658. The van der Waals surface area contributed by atoms with Gasteiger partial charge >= 0.3 is 0 Å². The van der Waals surface area contributed by atoms with Crippen molar-refractivity contribution < 1.29 is 9.59 Å². The average Bonchev–Trinajstić information content (AvgIpc) is 2.47. The van der Waals surface area contributed by atoms with Crippen molar-refractivity contribution in [1.29, 1.82) is 0 Å². The Kier molecular flexibility index (Phi) is 2.53. The lowest BCUT2D eigenvalue weighted by Crippen LogP contribution is -2.45. The van der Waals surface area contributed by atoms with Crippen LogP contribution in [0.15, 0.2) is 12.7 Å². The van der Waals surface area contributed by atoms with Crippen LogP contribution in [0.5, 0.6) is 0 Å². The highest BCUT2D eigenvalue weighted by Crippen LogP contribution is 2.51. The van der Waals surface area contributed by atoms with E-state index in [0.717, 1.165) is 12.8 Å². The van der Waals surface area contributed by atoms with Crippen LogP contribution >= 0.6 is 0 Å². The van der Waals surface area contributed by atoms with Crippen molar-refractivity contribution in [2.75, 3.05) is 0 Å². The summed E-state index contributed by atoms with van der Waals surface area (Å²) in [5, 5.41) is 0. The first-order valence-corrected chi connectivity index (χ1v) is 5.78. The number of Topliss-reactive ketones (excluding diaryl/α,β-unsaturated/α-hetero) is 2. The fraction of sp³-hybridized carbons (Fsp3) is 0.692. The van der Waals surface area contributed by atoms with Crippen molar-refractivity contribution in [3.05, 3.63) is 12.7 Å². The zero-order valence-corrected chi connectivity index (χ0v) is 9.29. The van der Waals surface area contributed by atoms with E-state index in [1.54, 1.807) is 6.08 Å². The number of ketones is 2. The lowest BCUT2D eigenvalue weighted by molar-refractivity contribution is -0.144. The Balaban J connectivity index is 2.37. The Bertz CT molecular complexity index is 318. The molecule has 0 bridgehead atoms. The van der Waals surface area contributed by atoms with Crippen molar-refractivity contribution in [3.8, 4) is 0 Å². The predicted molar refractivity (Wildman–Crippen MR) is 58.4 cm³/mol. The zero-order chi connectivity index (χ0) is 11.1. The van der Waals surface area contributed by atoms with Crippen LogP contribution in [0.25, 0.3) is 0 Å². The standard InChI is InChI=1S/C13H18O2/c1-3-6-13-10(4-5-11(13)14)7-9(2)8-12(13)15/h3,9-10H,1,4-8H2,2H3/t9-,10-,13+/m1/s1. The molecule has 0 unspecified atom stereocenters. The molecular formula is C13H18O2. The third-order valence-electron chi connectivity index (χ3n) is 4.10. The van der Waals surface area contributed by atoms with E-state index in [1.807, 2.05) is 0 Å². The topological polar surface area (TPSA) is 34.1 Å². The largest absolute Gasteiger partial charge is 0.299 e. The van der Waals surface area contributed by atoms with Gasteiger partial charge < -0.3 is 0 Å². The van der Waals surface area contributed by atoms with Gasteiger partial charge in [0.1, 0.15) is 11.6 Å². The fourth-order valence-electron chi connectivity index (χ4n) is 3.39. The first-order valence-electron chi connectivity index (χ1n) is 5.78. The normalized spacial score (nSPS) is 40.3. The second kappa shape index (κ2) is 3.58. The molecule has 0 heterocycles. The van der Waals surface area contributed by atoms with Crippen LogP contribution in [-0.4, -0.2) is 11.6 Å². The molecule has 0 N–H and O–H groups in total. The lowest BCUT2D eigenvalue weighted by atomic mass is 9.62. The summed E-state index contributed by atoms with van der Waals surface area (Å²) in [6, 6.07) is 0. The van der Waals surface area contributed by atoms with E-state index in [-0.39, 0.29) is 11.6 Å². The van der Waals surface area contributed by atoms with Crippen molar-refractivity contribution in [2.24, 2.45) is 17.3 Å². The maximum atomic E-state index is 12.1. The van der Waals surface area contributed by atoms with Gasteiger partial charge in [-0.05, 0) is 31.1 Å². The number of allylic oxidation sites excluding steroid dienone is 1. The van der Waals surface area contributed by atoms with E-state index in [4.69, 9.17) is 0 Å². The van der Waals surface area contributed by atoms with Crippen molar-refractivity contribution in [1.82, 2.24) is 0 Å². The smallest absolute Gasteiger partial charge is 0.147 e. The number of rotatable bonds is 2. The van der Waals surface area contributed by atoms with Gasteiger partial charge in [-0.2, -0.15) is 0 Å². The molecule has 2 nitrogen and oxygen atoms in total. The molecule has 0 aromatic carbocycles. The summed E-state index contributed by atoms with van der Waals surface area (Å²) in [5.41, 5.74) is -0.658. The summed E-state index contributed by atoms with van der Waals surface area (Å²) in [4.78, 5) is 24.1. The Labute approximate surface area is 90.7 Å². The highest BCUT2D eigenvalue weighted by atomic mass is 16.2. The molecule has 82 valence electrons. The Morgan fingerprint density at radius 3 is 2.87 bits per heavy atom. The summed E-state index contributed by atoms with van der Waals surface area (Å²) in [6.45, 7) is 5.80. The van der Waals surface area contributed by atoms with Crippen LogP contribution < -0.4 is 0 Å². The van der Waals surface area contributed by atoms with E-state index in [2.05, 4.69) is 13.5 Å². The molecule has 2 aliphatic rings. The molecule has 0 aromatic rings. The first kappa shape index (κ1) is 10.6. The monoisotopic (exact) mass is 206 g/mol. The summed E-state index contributed by atoms with van der Waals surface area (Å²) in [6.07, 6.45) is 5.41. The van der Waals surface area contributed by atoms with Crippen molar-refractivity contribution in [2.45, 2.75) is 39.0 Å². The quantitative estimate of drug-likeness (QED) is 0.514. The van der Waals surface area contributed by atoms with E-state index < -0.39 is 5.41 Å². The van der Waals surface area contributed by atoms with E-state index in [1.165, 1.54) is 0 Å². The van der Waals surface area contributed by atoms with Gasteiger partial charge in [-0.15, -0.1) is 6.58 Å². The molecular weight excluding hydrogens is 188 g/mol. The third kappa shape index (κ3) is 1.38. The third-order valence-corrected chi connectivity index (χ3v) is 4.10. The number of carbonyl (C=O) groups is 2. The predicted octanol–water partition coefficient (Wildman–Crippen LogP) is 2.53. The highest BCUT2D eigenvalue weighted by molar-refractivity contribution is 6.09. The molecule has 3 atom stereocenters. The molecule has 2 rings (SSSR count). The fourth-order valence-corrected chi connectivity index (χ4v) is 3.39. The van der Waals surface area contributed by atoms with Gasteiger partial charge in [0.15, 0.2) is 0 Å². The Morgan fingerprint density at radius 1 is 1.47 bits per heavy atom. The summed E-state index contributed by atoms with van der Waals surface area (Å²) < 4.78 is 0. The molecule has 0 spiro atoms. The summed E-state index contributed by atoms with van der Waals surface area (Å²) >= 11 is 0. The minimum Gasteiger partial charge on any atom is -0.299 e. The first-order chi connectivity index (χ1) is 7.11. The van der Waals surface area contributed by atoms with Gasteiger partial charge in [0, 0.05) is 12.8 Å². The number of fused-ring (bicyclic) bond motifs is 1. The van der Waals surface area contributed by atoms with E-state index in [0.29, 0.717) is 31.1 Å².